The van der Waals surface area contributed by atoms with Gasteiger partial charge in [0, 0.05) is 12.2 Å². The topological polar surface area (TPSA) is 174 Å². The molecule has 0 spiro atoms. The van der Waals surface area contributed by atoms with Crippen molar-refractivity contribution in [3.63, 3.8) is 0 Å². The first-order chi connectivity index (χ1) is 15.9. The molecule has 0 radical (unpaired) electrons. The number of halogens is 1. The predicted octanol–water partition coefficient (Wildman–Crippen LogP) is 1.00. The Bertz CT molecular complexity index is 1090. The number of fused-ring (bicyclic) bond motifs is 1. The summed E-state index contributed by atoms with van der Waals surface area (Å²) in [6, 6.07) is -0.885. The minimum atomic E-state index is -1.19. The van der Waals surface area contributed by atoms with Crippen molar-refractivity contribution in [1.82, 2.24) is 15.2 Å². The normalized spacial score (nSPS) is 20.1. The number of nitrogen functional groups attached to an aromatic ring is 1. The van der Waals surface area contributed by atoms with Crippen LogP contribution >= 0.6 is 34.7 Å². The van der Waals surface area contributed by atoms with E-state index < -0.39 is 47.4 Å². The number of amides is 2. The van der Waals surface area contributed by atoms with E-state index in [2.05, 4.69) is 15.5 Å². The molecule has 1 fully saturated rings. The lowest BCUT2D eigenvalue weighted by Crippen LogP contribution is -2.70. The summed E-state index contributed by atoms with van der Waals surface area (Å²) >= 11 is 8.52. The zero-order chi connectivity index (χ0) is 25.2. The van der Waals surface area contributed by atoms with Gasteiger partial charge in [-0.1, -0.05) is 28.1 Å². The van der Waals surface area contributed by atoms with E-state index in [1.165, 1.54) is 11.8 Å². The van der Waals surface area contributed by atoms with E-state index in [9.17, 15) is 24.3 Å². The minimum Gasteiger partial charge on any atom is -0.477 e. The molecule has 1 saturated heterocycles. The maximum atomic E-state index is 12.3. The van der Waals surface area contributed by atoms with Gasteiger partial charge in [-0.15, -0.1) is 11.8 Å². The molecular formula is C19H22ClN5O7S2. The number of oxime groups is 1. The number of thiazole rings is 1. The highest BCUT2D eigenvalue weighted by Gasteiger charge is 2.53. The number of β-lactam (4-membered cyclic amide) rings is 1. The fraction of sp³-hybridized carbons (Fsp3) is 0.474. The van der Waals surface area contributed by atoms with Crippen LogP contribution in [-0.4, -0.2) is 74.3 Å². The molecular weight excluding hydrogens is 510 g/mol. The molecule has 3 heterocycles. The molecule has 0 aromatic carbocycles. The van der Waals surface area contributed by atoms with E-state index in [0.717, 1.165) is 22.5 Å². The Balaban J connectivity index is 1.43. The number of nitrogens with two attached hydrogens (primary N) is 1. The Kier molecular flexibility index (Phi) is 7.73. The number of carbonyl (C=O) groups is 4. The van der Waals surface area contributed by atoms with Crippen LogP contribution in [0.1, 0.15) is 26.5 Å². The number of anilines is 1. The standard InChI is InChI=1S/C19H22ClN5O7S2/c1-8-7-33-16-12(15(28)25(16)13(8)17(29)30)24-10(26)5-22-31-6-11(27)32-19(2,3)4-9-14(20)34-18(21)23-9/h5,12,16H,4,6-7H2,1-3H3,(H2,21,23)(H,24,26)(H,29,30)/b22-5-/t12?,16-/m1/s1. The summed E-state index contributed by atoms with van der Waals surface area (Å²) in [5, 5.41) is 15.0. The van der Waals surface area contributed by atoms with Crippen LogP contribution in [0.5, 0.6) is 0 Å². The fourth-order valence-electron chi connectivity index (χ4n) is 3.38. The van der Waals surface area contributed by atoms with E-state index in [1.54, 1.807) is 20.8 Å². The third kappa shape index (κ3) is 5.80. The number of rotatable bonds is 9. The molecule has 12 nitrogen and oxygen atoms in total. The Morgan fingerprint density at radius 1 is 1.44 bits per heavy atom. The number of nitrogens with one attached hydrogen (secondary N) is 1. The molecule has 2 atom stereocenters. The second-order valence-corrected chi connectivity index (χ2v) is 10.8. The van der Waals surface area contributed by atoms with Crippen molar-refractivity contribution in [2.24, 2.45) is 5.16 Å². The first-order valence-corrected chi connectivity index (χ1v) is 12.1. The van der Waals surface area contributed by atoms with Gasteiger partial charge in [0.05, 0.1) is 5.69 Å². The smallest absolute Gasteiger partial charge is 0.352 e. The Hall–Kier alpha value is -2.84. The largest absolute Gasteiger partial charge is 0.477 e. The number of carbonyl (C=O) groups excluding carboxylic acids is 3. The third-order valence-corrected chi connectivity index (χ3v) is 7.32. The highest BCUT2D eigenvalue weighted by atomic mass is 35.5. The molecule has 1 unspecified atom stereocenters. The number of esters is 1. The summed E-state index contributed by atoms with van der Waals surface area (Å²) in [6.07, 6.45) is 1.01. The average Bonchev–Trinajstić information content (AvgIpc) is 3.04. The molecule has 15 heteroatoms. The third-order valence-electron chi connectivity index (χ3n) is 4.74. The molecule has 0 bridgehead atoms. The van der Waals surface area contributed by atoms with Crippen LogP contribution in [-0.2, 0) is 35.2 Å². The maximum absolute atomic E-state index is 12.3. The first kappa shape index (κ1) is 25.8. The minimum absolute atomic E-state index is 0.0572. The SMILES string of the molecule is CC1=C(C(=O)O)N2C(=O)C(NC(=O)/C=N\OCC(=O)OC(C)(C)Cc3nc(N)sc3Cl)[C@H]2SC1. The summed E-state index contributed by atoms with van der Waals surface area (Å²) in [6.45, 7) is 4.43. The van der Waals surface area contributed by atoms with Gasteiger partial charge in [0.2, 0.25) is 6.61 Å². The monoisotopic (exact) mass is 531 g/mol. The zero-order valence-corrected chi connectivity index (χ0v) is 20.8. The molecule has 0 aliphatic carbocycles. The van der Waals surface area contributed by atoms with E-state index in [-0.39, 0.29) is 12.1 Å². The van der Waals surface area contributed by atoms with Crippen molar-refractivity contribution in [2.75, 3.05) is 18.1 Å². The number of aromatic nitrogens is 1. The zero-order valence-electron chi connectivity index (χ0n) is 18.4. The van der Waals surface area contributed by atoms with Gasteiger partial charge >= 0.3 is 11.9 Å². The molecule has 1 aromatic rings. The van der Waals surface area contributed by atoms with Crippen LogP contribution in [0.3, 0.4) is 0 Å². The number of aliphatic carboxylic acids is 1. The molecule has 2 aliphatic rings. The van der Waals surface area contributed by atoms with Gasteiger partial charge in [-0.25, -0.2) is 14.6 Å². The predicted molar refractivity (Wildman–Crippen MR) is 125 cm³/mol. The van der Waals surface area contributed by atoms with E-state index in [1.807, 2.05) is 0 Å². The van der Waals surface area contributed by atoms with Gasteiger partial charge in [0.15, 0.2) is 5.13 Å². The van der Waals surface area contributed by atoms with Crippen molar-refractivity contribution in [2.45, 2.75) is 44.2 Å². The number of carboxylic acids is 1. The molecule has 2 amide bonds. The van der Waals surface area contributed by atoms with Gasteiger partial charge in [0.1, 0.15) is 33.3 Å². The highest BCUT2D eigenvalue weighted by molar-refractivity contribution is 8.00. The van der Waals surface area contributed by atoms with Gasteiger partial charge in [-0.2, -0.15) is 0 Å². The van der Waals surface area contributed by atoms with Gasteiger partial charge in [-0.3, -0.25) is 14.5 Å². The van der Waals surface area contributed by atoms with Gasteiger partial charge in [0.25, 0.3) is 11.8 Å². The van der Waals surface area contributed by atoms with E-state index in [0.29, 0.717) is 26.5 Å². The van der Waals surface area contributed by atoms with Crippen LogP contribution in [0.15, 0.2) is 16.4 Å². The van der Waals surface area contributed by atoms with E-state index >= 15 is 0 Å². The van der Waals surface area contributed by atoms with Crippen LogP contribution in [0.25, 0.3) is 0 Å². The van der Waals surface area contributed by atoms with Gasteiger partial charge < -0.3 is 25.7 Å². The average molecular weight is 532 g/mol. The van der Waals surface area contributed by atoms with Crippen molar-refractivity contribution >= 4 is 69.8 Å². The summed E-state index contributed by atoms with van der Waals surface area (Å²) < 4.78 is 5.75. The molecule has 34 heavy (non-hydrogen) atoms. The second kappa shape index (κ2) is 10.2. The van der Waals surface area contributed by atoms with Crippen molar-refractivity contribution < 1.29 is 33.9 Å². The Morgan fingerprint density at radius 3 is 2.76 bits per heavy atom. The lowest BCUT2D eigenvalue weighted by Gasteiger charge is -2.49. The number of nitrogens with zero attached hydrogens (tertiary/aromatic N) is 3. The van der Waals surface area contributed by atoms with Crippen LogP contribution in [0.2, 0.25) is 4.34 Å². The Labute approximate surface area is 207 Å². The highest BCUT2D eigenvalue weighted by Crippen LogP contribution is 2.40. The number of carboxylic acid groups (broad SMARTS) is 1. The van der Waals surface area contributed by atoms with Crippen LogP contribution < -0.4 is 11.1 Å². The molecule has 0 saturated carbocycles. The Morgan fingerprint density at radius 2 is 2.15 bits per heavy atom. The number of hydrogen-bond acceptors (Lipinski definition) is 11. The second-order valence-electron chi connectivity index (χ2n) is 8.02. The van der Waals surface area contributed by atoms with Crippen LogP contribution in [0.4, 0.5) is 5.13 Å². The summed E-state index contributed by atoms with van der Waals surface area (Å²) in [5.74, 6) is -2.74. The number of hydrogen-bond donors (Lipinski definition) is 3. The van der Waals surface area contributed by atoms with Crippen LogP contribution in [0, 0.1) is 0 Å². The summed E-state index contributed by atoms with van der Waals surface area (Å²) in [7, 11) is 0. The first-order valence-electron chi connectivity index (χ1n) is 9.85. The fourth-order valence-corrected chi connectivity index (χ4v) is 5.59. The quantitative estimate of drug-likeness (QED) is 0.180. The number of thioether (sulfide) groups is 1. The van der Waals surface area contributed by atoms with Crippen molar-refractivity contribution in [3.05, 3.63) is 21.3 Å². The van der Waals surface area contributed by atoms with E-state index in [4.69, 9.17) is 26.9 Å². The molecule has 184 valence electrons. The van der Waals surface area contributed by atoms with Crippen molar-refractivity contribution in [3.8, 4) is 0 Å². The summed E-state index contributed by atoms with van der Waals surface area (Å²) in [5.41, 5.74) is 5.70. The molecule has 1 aromatic heterocycles. The molecule has 4 N–H and O–H groups in total. The van der Waals surface area contributed by atoms with Crippen molar-refractivity contribution in [1.29, 1.82) is 0 Å². The lowest BCUT2D eigenvalue weighted by molar-refractivity contribution is -0.161. The maximum Gasteiger partial charge on any atom is 0.352 e. The molecule has 2 aliphatic heterocycles. The number of ether oxygens (including phenoxy) is 1. The lowest BCUT2D eigenvalue weighted by atomic mass is 10.0. The molecule has 3 rings (SSSR count). The summed E-state index contributed by atoms with van der Waals surface area (Å²) in [4.78, 5) is 57.9. The van der Waals surface area contributed by atoms with Gasteiger partial charge in [-0.05, 0) is 26.3 Å².